The Morgan fingerprint density at radius 1 is 1.55 bits per heavy atom. The van der Waals surface area contributed by atoms with Crippen LogP contribution in [0.3, 0.4) is 0 Å². The molecule has 0 radical (unpaired) electrons. The van der Waals surface area contributed by atoms with E-state index in [9.17, 15) is 0 Å². The fraction of sp³-hybridized carbons (Fsp3) is 0.100. The van der Waals surface area contributed by atoms with Crippen molar-refractivity contribution in [3.63, 3.8) is 0 Å². The summed E-state index contributed by atoms with van der Waals surface area (Å²) >= 11 is 0. The van der Waals surface area contributed by atoms with Crippen LogP contribution in [0.15, 0.2) is 48.1 Å². The predicted octanol–water partition coefficient (Wildman–Crippen LogP) is 2.63. The smallest absolute Gasteiger partial charge is 0.0681 e. The molecular weight excluding hydrogens is 134 g/mol. The van der Waals surface area contributed by atoms with Gasteiger partial charge in [-0.3, -0.25) is 5.41 Å². The average Bonchev–Trinajstić information content (AvgIpc) is 1.94. The van der Waals surface area contributed by atoms with Crippen molar-refractivity contribution in [3.8, 4) is 0 Å². The van der Waals surface area contributed by atoms with Gasteiger partial charge in [-0.25, -0.2) is 0 Å². The Labute approximate surface area is 66.9 Å². The van der Waals surface area contributed by atoms with Crippen molar-refractivity contribution in [2.75, 3.05) is 0 Å². The van der Waals surface area contributed by atoms with E-state index in [4.69, 9.17) is 5.41 Å². The summed E-state index contributed by atoms with van der Waals surface area (Å²) in [4.78, 5) is 0. The van der Waals surface area contributed by atoms with E-state index in [2.05, 4.69) is 13.2 Å². The van der Waals surface area contributed by atoms with Gasteiger partial charge in [-0.05, 0) is 18.1 Å². The van der Waals surface area contributed by atoms with Crippen LogP contribution < -0.4 is 0 Å². The first-order valence-corrected chi connectivity index (χ1v) is 3.45. The zero-order valence-corrected chi connectivity index (χ0v) is 6.65. The molecule has 0 aromatic carbocycles. The van der Waals surface area contributed by atoms with Gasteiger partial charge in [0.2, 0.25) is 0 Å². The van der Waals surface area contributed by atoms with Crippen molar-refractivity contribution < 1.29 is 0 Å². The Morgan fingerprint density at radius 3 is 2.64 bits per heavy atom. The van der Waals surface area contributed by atoms with Crippen molar-refractivity contribution in [2.24, 2.45) is 0 Å². The van der Waals surface area contributed by atoms with Crippen LogP contribution in [0.5, 0.6) is 0 Å². The van der Waals surface area contributed by atoms with Gasteiger partial charge in [0.05, 0.1) is 5.71 Å². The summed E-state index contributed by atoms with van der Waals surface area (Å²) in [5.74, 6) is 0. The third-order valence-electron chi connectivity index (χ3n) is 1.61. The van der Waals surface area contributed by atoms with E-state index in [1.54, 1.807) is 0 Å². The van der Waals surface area contributed by atoms with Crippen LogP contribution >= 0.6 is 0 Å². The number of nitrogens with one attached hydrogen (secondary N) is 1. The lowest BCUT2D eigenvalue weighted by molar-refractivity contribution is 1.40. The van der Waals surface area contributed by atoms with Crippen LogP contribution in [0.25, 0.3) is 0 Å². The average molecular weight is 145 g/mol. The van der Waals surface area contributed by atoms with Crippen molar-refractivity contribution in [1.82, 2.24) is 0 Å². The highest BCUT2D eigenvalue weighted by Gasteiger charge is 2.09. The van der Waals surface area contributed by atoms with Crippen LogP contribution in [0.4, 0.5) is 0 Å². The van der Waals surface area contributed by atoms with Crippen LogP contribution in [0.1, 0.15) is 6.92 Å². The van der Waals surface area contributed by atoms with E-state index in [0.717, 1.165) is 16.7 Å². The number of allylic oxidation sites excluding steroid dienone is 6. The van der Waals surface area contributed by atoms with Crippen LogP contribution in [-0.2, 0) is 0 Å². The maximum Gasteiger partial charge on any atom is 0.0681 e. The molecule has 0 heterocycles. The molecule has 0 fully saturated rings. The van der Waals surface area contributed by atoms with E-state index in [1.807, 2.05) is 25.2 Å². The van der Waals surface area contributed by atoms with Crippen molar-refractivity contribution in [2.45, 2.75) is 6.92 Å². The van der Waals surface area contributed by atoms with E-state index in [1.165, 1.54) is 0 Å². The summed E-state index contributed by atoms with van der Waals surface area (Å²) in [6.45, 7) is 9.41. The lowest BCUT2D eigenvalue weighted by Crippen LogP contribution is -2.06. The summed E-state index contributed by atoms with van der Waals surface area (Å²) in [6, 6.07) is 0. The van der Waals surface area contributed by atoms with Crippen molar-refractivity contribution >= 4 is 5.71 Å². The molecule has 0 bridgehead atoms. The Balaban J connectivity index is 3.06. The number of rotatable bonds is 1. The maximum absolute atomic E-state index is 7.60. The van der Waals surface area contributed by atoms with E-state index < -0.39 is 0 Å². The molecule has 0 saturated heterocycles. The first-order chi connectivity index (χ1) is 5.13. The minimum atomic E-state index is 0.486. The van der Waals surface area contributed by atoms with Gasteiger partial charge in [0.15, 0.2) is 0 Å². The monoisotopic (exact) mass is 145 g/mol. The minimum absolute atomic E-state index is 0.486. The molecule has 0 aromatic rings. The zero-order chi connectivity index (χ0) is 8.43. The largest absolute Gasteiger partial charge is 0.300 e. The fourth-order valence-electron chi connectivity index (χ4n) is 0.956. The third kappa shape index (κ3) is 1.37. The predicted molar refractivity (Wildman–Crippen MR) is 48.9 cm³/mol. The molecule has 56 valence electrons. The Morgan fingerprint density at radius 2 is 2.18 bits per heavy atom. The summed E-state index contributed by atoms with van der Waals surface area (Å²) in [5.41, 5.74) is 3.04. The highest BCUT2D eigenvalue weighted by molar-refractivity contribution is 6.15. The van der Waals surface area contributed by atoms with E-state index in [0.29, 0.717) is 5.71 Å². The molecule has 1 aliphatic carbocycles. The van der Waals surface area contributed by atoms with E-state index in [-0.39, 0.29) is 0 Å². The molecule has 0 spiro atoms. The van der Waals surface area contributed by atoms with Crippen molar-refractivity contribution in [1.29, 1.82) is 5.41 Å². The molecule has 0 aliphatic heterocycles. The maximum atomic E-state index is 7.60. The second-order valence-electron chi connectivity index (χ2n) is 2.62. The zero-order valence-electron chi connectivity index (χ0n) is 6.65. The Bertz CT molecular complexity index is 290. The highest BCUT2D eigenvalue weighted by Crippen LogP contribution is 2.17. The summed E-state index contributed by atoms with van der Waals surface area (Å²) in [6.07, 6.45) is 5.61. The van der Waals surface area contributed by atoms with Gasteiger partial charge in [-0.1, -0.05) is 31.4 Å². The molecule has 0 atom stereocenters. The Hall–Kier alpha value is -1.37. The Kier molecular flexibility index (Phi) is 1.90. The molecule has 1 aliphatic rings. The molecule has 0 aromatic heterocycles. The molecular formula is C10H11N. The highest BCUT2D eigenvalue weighted by atomic mass is 14.4. The van der Waals surface area contributed by atoms with Gasteiger partial charge >= 0.3 is 0 Å². The number of hydrogen-bond donors (Lipinski definition) is 1. The SMILES string of the molecule is C=C(C)C1=CC=CC(=C)C1=N. The van der Waals surface area contributed by atoms with Gasteiger partial charge < -0.3 is 0 Å². The molecule has 11 heavy (non-hydrogen) atoms. The topological polar surface area (TPSA) is 23.9 Å². The standard InChI is InChI=1S/C10H11N/c1-7(2)9-6-4-5-8(3)10(9)11/h4-6,11H,1,3H2,2H3. The molecule has 1 N–H and O–H groups in total. The van der Waals surface area contributed by atoms with E-state index >= 15 is 0 Å². The van der Waals surface area contributed by atoms with Crippen molar-refractivity contribution in [3.05, 3.63) is 48.1 Å². The lowest BCUT2D eigenvalue weighted by atomic mass is 9.94. The molecule has 0 unspecified atom stereocenters. The van der Waals surface area contributed by atoms with Crippen LogP contribution in [0.2, 0.25) is 0 Å². The second-order valence-corrected chi connectivity index (χ2v) is 2.62. The van der Waals surface area contributed by atoms with Crippen LogP contribution in [-0.4, -0.2) is 5.71 Å². The lowest BCUT2D eigenvalue weighted by Gasteiger charge is -2.11. The molecule has 1 nitrogen and oxygen atoms in total. The summed E-state index contributed by atoms with van der Waals surface area (Å²) in [7, 11) is 0. The summed E-state index contributed by atoms with van der Waals surface area (Å²) < 4.78 is 0. The normalized spacial score (nSPS) is 16.6. The number of hydrogen-bond acceptors (Lipinski definition) is 1. The summed E-state index contributed by atoms with van der Waals surface area (Å²) in [5, 5.41) is 7.60. The van der Waals surface area contributed by atoms with Gasteiger partial charge in [0.1, 0.15) is 0 Å². The quantitative estimate of drug-likeness (QED) is 0.586. The minimum Gasteiger partial charge on any atom is -0.300 e. The van der Waals surface area contributed by atoms with Gasteiger partial charge in [-0.15, -0.1) is 0 Å². The first-order valence-electron chi connectivity index (χ1n) is 3.45. The third-order valence-corrected chi connectivity index (χ3v) is 1.61. The van der Waals surface area contributed by atoms with Gasteiger partial charge in [0, 0.05) is 5.57 Å². The molecule has 1 rings (SSSR count). The van der Waals surface area contributed by atoms with Crippen LogP contribution in [0, 0.1) is 5.41 Å². The molecule has 1 heteroatoms. The van der Waals surface area contributed by atoms with Gasteiger partial charge in [0.25, 0.3) is 0 Å². The second kappa shape index (κ2) is 2.70. The molecule has 0 amide bonds. The molecule has 0 saturated carbocycles. The first kappa shape index (κ1) is 7.73. The van der Waals surface area contributed by atoms with Gasteiger partial charge in [-0.2, -0.15) is 0 Å². The fourth-order valence-corrected chi connectivity index (χ4v) is 0.956.